The first-order valence-corrected chi connectivity index (χ1v) is 13.4. The largest absolute Gasteiger partial charge is 0.452 e. The second-order valence-electron chi connectivity index (χ2n) is 8.70. The number of hydrogen-bond donors (Lipinski definition) is 2. The summed E-state index contributed by atoms with van der Waals surface area (Å²) in [4.78, 5) is 20.4. The van der Waals surface area contributed by atoms with Crippen LogP contribution in [0.4, 0.5) is 5.69 Å². The second kappa shape index (κ2) is 11.4. The number of pyridine rings is 1. The Hall–Kier alpha value is -3.33. The third kappa shape index (κ3) is 6.15. The molecule has 9 heteroatoms. The van der Waals surface area contributed by atoms with Gasteiger partial charge in [0.25, 0.3) is 0 Å². The smallest absolute Gasteiger partial charge is 0.226 e. The maximum atomic E-state index is 12.8. The minimum atomic E-state index is -0.256. The highest BCUT2D eigenvalue weighted by Gasteiger charge is 2.41. The molecule has 2 N–H and O–H groups in total. The molecule has 1 aliphatic rings. The van der Waals surface area contributed by atoms with Gasteiger partial charge in [-0.1, -0.05) is 41.6 Å². The molecule has 1 amide bonds. The van der Waals surface area contributed by atoms with E-state index in [1.165, 1.54) is 11.8 Å². The van der Waals surface area contributed by atoms with E-state index < -0.39 is 0 Å². The van der Waals surface area contributed by atoms with Crippen LogP contribution in [0.2, 0.25) is 5.02 Å². The van der Waals surface area contributed by atoms with Crippen LogP contribution in [-0.2, 0) is 4.79 Å². The Balaban J connectivity index is 1.35. The van der Waals surface area contributed by atoms with E-state index in [2.05, 4.69) is 15.6 Å². The molecule has 37 heavy (non-hydrogen) atoms. The number of thiocarbonyl (C=S) groups is 1. The van der Waals surface area contributed by atoms with Gasteiger partial charge in [-0.25, -0.2) is 0 Å². The number of nitrogens with one attached hydrogen (secondary N) is 2. The first kappa shape index (κ1) is 25.3. The van der Waals surface area contributed by atoms with Gasteiger partial charge in [0.2, 0.25) is 5.91 Å². The molecule has 1 saturated heterocycles. The number of anilines is 1. The van der Waals surface area contributed by atoms with E-state index in [1.807, 2.05) is 90.7 Å². The van der Waals surface area contributed by atoms with Crippen molar-refractivity contribution >= 4 is 52.3 Å². The van der Waals surface area contributed by atoms with E-state index in [1.54, 1.807) is 6.20 Å². The Morgan fingerprint density at radius 1 is 1.14 bits per heavy atom. The molecule has 5 rings (SSSR count). The van der Waals surface area contributed by atoms with Gasteiger partial charge in [0.1, 0.15) is 11.8 Å². The highest BCUT2D eigenvalue weighted by molar-refractivity contribution is 7.99. The van der Waals surface area contributed by atoms with Crippen molar-refractivity contribution in [3.8, 4) is 0 Å². The van der Waals surface area contributed by atoms with Crippen LogP contribution in [0.5, 0.6) is 0 Å². The highest BCUT2D eigenvalue weighted by atomic mass is 35.5. The summed E-state index contributed by atoms with van der Waals surface area (Å²) in [6, 6.07) is 24.6. The number of aromatic nitrogens is 1. The molecular formula is C28H25ClN4O2S2. The summed E-state index contributed by atoms with van der Waals surface area (Å²) in [5.41, 5.74) is 2.72. The lowest BCUT2D eigenvalue weighted by Gasteiger charge is -2.25. The third-order valence-corrected chi connectivity index (χ3v) is 7.54. The first-order chi connectivity index (χ1) is 18.0. The van der Waals surface area contributed by atoms with Gasteiger partial charge in [-0.05, 0) is 85.4 Å². The molecule has 1 aliphatic heterocycles. The fraction of sp³-hybridized carbons (Fsp3) is 0.179. The van der Waals surface area contributed by atoms with E-state index in [9.17, 15) is 4.79 Å². The van der Waals surface area contributed by atoms with Crippen LogP contribution in [-0.4, -0.2) is 27.4 Å². The lowest BCUT2D eigenvalue weighted by Crippen LogP contribution is -2.32. The van der Waals surface area contributed by atoms with E-state index in [0.29, 0.717) is 16.7 Å². The zero-order chi connectivity index (χ0) is 25.8. The molecule has 2 aromatic heterocycles. The van der Waals surface area contributed by atoms with Crippen molar-refractivity contribution in [1.29, 1.82) is 0 Å². The van der Waals surface area contributed by atoms with E-state index in [4.69, 9.17) is 28.2 Å². The van der Waals surface area contributed by atoms with Crippen molar-refractivity contribution in [2.75, 3.05) is 11.9 Å². The van der Waals surface area contributed by atoms with Crippen LogP contribution in [0.15, 0.2) is 99.5 Å². The van der Waals surface area contributed by atoms with Crippen LogP contribution < -0.4 is 10.6 Å². The number of furan rings is 1. The molecule has 0 spiro atoms. The molecule has 0 bridgehead atoms. The quantitative estimate of drug-likeness (QED) is 0.235. The van der Waals surface area contributed by atoms with Gasteiger partial charge in [0.15, 0.2) is 10.2 Å². The predicted molar refractivity (Wildman–Crippen MR) is 151 cm³/mol. The van der Waals surface area contributed by atoms with Gasteiger partial charge in [0.05, 0.1) is 11.7 Å². The summed E-state index contributed by atoms with van der Waals surface area (Å²) in [7, 11) is 0. The monoisotopic (exact) mass is 548 g/mol. The SMILES string of the molecule is Cc1cccc(NC(=O)CCN2C(=S)N[C@@H](c3ccccn3)[C@@H]2c2ccc(Sc3ccc(Cl)cc3)o2)c1. The van der Waals surface area contributed by atoms with Gasteiger partial charge in [0, 0.05) is 34.8 Å². The molecule has 0 aliphatic carbocycles. The van der Waals surface area contributed by atoms with Gasteiger partial charge >= 0.3 is 0 Å². The molecule has 0 unspecified atom stereocenters. The molecular weight excluding hydrogens is 524 g/mol. The fourth-order valence-corrected chi connectivity index (χ4v) is 5.53. The van der Waals surface area contributed by atoms with Gasteiger partial charge in [-0.2, -0.15) is 0 Å². The van der Waals surface area contributed by atoms with Crippen LogP contribution in [0.25, 0.3) is 0 Å². The number of nitrogens with zero attached hydrogens (tertiary/aromatic N) is 2. The lowest BCUT2D eigenvalue weighted by atomic mass is 10.0. The molecule has 6 nitrogen and oxygen atoms in total. The highest BCUT2D eigenvalue weighted by Crippen LogP contribution is 2.41. The van der Waals surface area contributed by atoms with Crippen LogP contribution >= 0.6 is 35.6 Å². The van der Waals surface area contributed by atoms with Crippen LogP contribution in [0, 0.1) is 6.92 Å². The van der Waals surface area contributed by atoms with Gasteiger partial charge < -0.3 is 20.0 Å². The van der Waals surface area contributed by atoms with Crippen molar-refractivity contribution in [3.63, 3.8) is 0 Å². The molecule has 2 aromatic carbocycles. The fourth-order valence-electron chi connectivity index (χ4n) is 4.29. The average Bonchev–Trinajstić information content (AvgIpc) is 3.48. The van der Waals surface area contributed by atoms with E-state index in [0.717, 1.165) is 32.7 Å². The topological polar surface area (TPSA) is 70.4 Å². The number of rotatable bonds is 8. The van der Waals surface area contributed by atoms with Crippen molar-refractivity contribution in [2.45, 2.75) is 35.4 Å². The zero-order valence-corrected chi connectivity index (χ0v) is 22.4. The Morgan fingerprint density at radius 3 is 2.73 bits per heavy atom. The number of hydrogen-bond acceptors (Lipinski definition) is 5. The van der Waals surface area contributed by atoms with Gasteiger partial charge in [-0.3, -0.25) is 9.78 Å². The summed E-state index contributed by atoms with van der Waals surface area (Å²) in [6.45, 7) is 2.42. The predicted octanol–water partition coefficient (Wildman–Crippen LogP) is 6.79. The molecule has 0 saturated carbocycles. The third-order valence-electron chi connectivity index (χ3n) is 6.01. The van der Waals surface area contributed by atoms with Crippen LogP contribution in [0.3, 0.4) is 0 Å². The summed E-state index contributed by atoms with van der Waals surface area (Å²) in [5, 5.41) is 8.38. The molecule has 0 radical (unpaired) electrons. The standard InChI is InChI=1S/C28H25ClN4O2S2/c1-18-5-4-6-20(17-18)31-24(34)14-16-33-27(26(32-28(33)36)22-7-2-3-15-30-22)23-12-13-25(35-23)37-21-10-8-19(29)9-11-21/h2-13,15,17,26-27H,14,16H2,1H3,(H,31,34)(H,32,36)/t26-,27-/m0/s1. The van der Waals surface area contributed by atoms with Crippen molar-refractivity contribution < 1.29 is 9.21 Å². The minimum absolute atomic E-state index is 0.0770. The number of aryl methyl sites for hydroxylation is 1. The molecule has 1 fully saturated rings. The first-order valence-electron chi connectivity index (χ1n) is 11.8. The number of carbonyl (C=O) groups excluding carboxylic acids is 1. The van der Waals surface area contributed by atoms with Crippen molar-refractivity contribution in [2.24, 2.45) is 0 Å². The summed E-state index contributed by atoms with van der Waals surface area (Å²) in [6.07, 6.45) is 2.04. The molecule has 3 heterocycles. The minimum Gasteiger partial charge on any atom is -0.452 e. The zero-order valence-electron chi connectivity index (χ0n) is 20.1. The maximum absolute atomic E-state index is 12.8. The Labute approximate surface area is 230 Å². The summed E-state index contributed by atoms with van der Waals surface area (Å²) >= 11 is 13.3. The molecule has 2 atom stereocenters. The van der Waals surface area contributed by atoms with E-state index in [-0.39, 0.29) is 24.4 Å². The maximum Gasteiger partial charge on any atom is 0.226 e. The van der Waals surface area contributed by atoms with Crippen molar-refractivity contribution in [3.05, 3.63) is 107 Å². The lowest BCUT2D eigenvalue weighted by molar-refractivity contribution is -0.116. The molecule has 188 valence electrons. The summed E-state index contributed by atoms with van der Waals surface area (Å²) < 4.78 is 6.31. The van der Waals surface area contributed by atoms with Crippen LogP contribution in [0.1, 0.15) is 35.5 Å². The normalized spacial score (nSPS) is 17.0. The van der Waals surface area contributed by atoms with Crippen molar-refractivity contribution in [1.82, 2.24) is 15.2 Å². The number of halogens is 1. The number of benzene rings is 2. The Kier molecular flexibility index (Phi) is 7.79. The van der Waals surface area contributed by atoms with Gasteiger partial charge in [-0.15, -0.1) is 0 Å². The number of carbonyl (C=O) groups is 1. The molecule has 4 aromatic rings. The average molecular weight is 549 g/mol. The Morgan fingerprint density at radius 2 is 1.97 bits per heavy atom. The Bertz CT molecular complexity index is 1390. The van der Waals surface area contributed by atoms with E-state index >= 15 is 0 Å². The second-order valence-corrected chi connectivity index (χ2v) is 10.6. The summed E-state index contributed by atoms with van der Waals surface area (Å²) in [5.74, 6) is 0.672. The number of amides is 1.